The first-order chi connectivity index (χ1) is 16.0. The number of ether oxygens (including phenoxy) is 1. The van der Waals surface area contributed by atoms with Gasteiger partial charge in [-0.15, -0.1) is 6.58 Å². The highest BCUT2D eigenvalue weighted by atomic mass is 32.1. The van der Waals surface area contributed by atoms with Gasteiger partial charge in [0, 0.05) is 16.9 Å². The number of hydrogen-bond donors (Lipinski definition) is 4. The van der Waals surface area contributed by atoms with Gasteiger partial charge in [0.05, 0.1) is 18.7 Å². The van der Waals surface area contributed by atoms with E-state index in [1.807, 2.05) is 6.08 Å². The summed E-state index contributed by atoms with van der Waals surface area (Å²) in [5.41, 5.74) is 9.72. The minimum Gasteiger partial charge on any atom is -0.368 e. The van der Waals surface area contributed by atoms with Crippen LogP contribution in [0.3, 0.4) is 0 Å². The fraction of sp³-hybridized carbons (Fsp3) is 0.538. The number of aromatic nitrogens is 1. The minimum absolute atomic E-state index is 0.156. The van der Waals surface area contributed by atoms with E-state index in [4.69, 9.17) is 17.0 Å². The van der Waals surface area contributed by atoms with Crippen molar-refractivity contribution in [2.24, 2.45) is 0 Å². The summed E-state index contributed by atoms with van der Waals surface area (Å²) in [6.45, 7) is 10.8. The number of unbranched alkanes of at least 4 members (excludes halogenated alkanes) is 1. The molecule has 0 aliphatic carbocycles. The van der Waals surface area contributed by atoms with Gasteiger partial charge in [0.1, 0.15) is 5.60 Å². The standard InChI is InChI=1S/C26H38N4O2S/c1-5-9-13-19(11-6-2)27-25(33)30-29-22(31)17-26(8-4)24-21(15-16-32-26)20-14-10-12-18(7-3)23(20)28-24/h6,10,12,14,19,28H,2,5,7-9,11,13,15-17H2,1,3-4H3,(H,29,31)(H2,27,30,33). The molecule has 2 unspecified atom stereocenters. The Kier molecular flexibility index (Phi) is 8.92. The fourth-order valence-corrected chi connectivity index (χ4v) is 5.01. The molecule has 2 atom stereocenters. The number of para-hydroxylation sites is 1. The average Bonchev–Trinajstić information content (AvgIpc) is 3.21. The van der Waals surface area contributed by atoms with E-state index in [1.165, 1.54) is 16.5 Å². The van der Waals surface area contributed by atoms with Crippen molar-refractivity contribution in [2.45, 2.75) is 83.8 Å². The maximum absolute atomic E-state index is 12.9. The largest absolute Gasteiger partial charge is 0.368 e. The van der Waals surface area contributed by atoms with Gasteiger partial charge in [-0.25, -0.2) is 0 Å². The summed E-state index contributed by atoms with van der Waals surface area (Å²) in [4.78, 5) is 16.6. The Balaban J connectivity index is 1.69. The summed E-state index contributed by atoms with van der Waals surface area (Å²) < 4.78 is 6.28. The maximum atomic E-state index is 12.9. The number of fused-ring (bicyclic) bond motifs is 3. The van der Waals surface area contributed by atoms with Crippen LogP contribution >= 0.6 is 12.2 Å². The van der Waals surface area contributed by atoms with Gasteiger partial charge in [-0.3, -0.25) is 15.6 Å². The van der Waals surface area contributed by atoms with Crippen molar-refractivity contribution in [3.05, 3.63) is 47.7 Å². The molecule has 0 fully saturated rings. The van der Waals surface area contributed by atoms with Crippen LogP contribution in [0, 0.1) is 0 Å². The number of carbonyl (C=O) groups is 1. The van der Waals surface area contributed by atoms with E-state index < -0.39 is 5.60 Å². The molecule has 1 aliphatic rings. The molecule has 180 valence electrons. The molecule has 0 saturated heterocycles. The number of aromatic amines is 1. The molecule has 1 aromatic carbocycles. The SMILES string of the molecule is C=CCC(CCCC)NC(=S)NNC(=O)CC1(CC)OCCc2c1[nH]c1c(CC)cccc21. The Bertz CT molecular complexity index is 986. The van der Waals surface area contributed by atoms with Crippen LogP contribution in [0.4, 0.5) is 0 Å². The molecule has 2 aromatic rings. The molecule has 6 nitrogen and oxygen atoms in total. The number of aryl methyl sites for hydroxylation is 1. The molecule has 2 heterocycles. The van der Waals surface area contributed by atoms with Gasteiger partial charge in [-0.05, 0) is 55.4 Å². The number of thiocarbonyl (C=S) groups is 1. The summed E-state index contributed by atoms with van der Waals surface area (Å²) in [6.07, 6.45) is 8.68. The van der Waals surface area contributed by atoms with Crippen LogP contribution < -0.4 is 16.2 Å². The number of rotatable bonds is 10. The molecule has 1 aromatic heterocycles. The van der Waals surface area contributed by atoms with Gasteiger partial charge in [-0.2, -0.15) is 0 Å². The Hall–Kier alpha value is -2.38. The van der Waals surface area contributed by atoms with Gasteiger partial charge in [0.15, 0.2) is 5.11 Å². The lowest BCUT2D eigenvalue weighted by Crippen LogP contribution is -2.51. The number of amides is 1. The van der Waals surface area contributed by atoms with Crippen molar-refractivity contribution < 1.29 is 9.53 Å². The van der Waals surface area contributed by atoms with Crippen molar-refractivity contribution in [1.29, 1.82) is 0 Å². The lowest BCUT2D eigenvalue weighted by Gasteiger charge is -2.36. The van der Waals surface area contributed by atoms with Crippen molar-refractivity contribution >= 4 is 34.1 Å². The monoisotopic (exact) mass is 470 g/mol. The zero-order chi connectivity index (χ0) is 23.8. The van der Waals surface area contributed by atoms with Crippen LogP contribution in [0.5, 0.6) is 0 Å². The Morgan fingerprint density at radius 2 is 2.15 bits per heavy atom. The van der Waals surface area contributed by atoms with Crippen LogP contribution in [0.2, 0.25) is 0 Å². The second-order valence-electron chi connectivity index (χ2n) is 8.81. The molecular weight excluding hydrogens is 432 g/mol. The highest BCUT2D eigenvalue weighted by molar-refractivity contribution is 7.80. The lowest BCUT2D eigenvalue weighted by atomic mass is 9.86. The Morgan fingerprint density at radius 1 is 1.33 bits per heavy atom. The zero-order valence-corrected chi connectivity index (χ0v) is 21.0. The summed E-state index contributed by atoms with van der Waals surface area (Å²) in [5.74, 6) is -0.156. The quantitative estimate of drug-likeness (QED) is 0.225. The third-order valence-corrected chi connectivity index (χ3v) is 6.84. The van der Waals surface area contributed by atoms with Crippen molar-refractivity contribution in [1.82, 2.24) is 21.2 Å². The third kappa shape index (κ3) is 5.76. The number of hydrogen-bond acceptors (Lipinski definition) is 3. The second-order valence-corrected chi connectivity index (χ2v) is 9.21. The van der Waals surface area contributed by atoms with Crippen LogP contribution in [0.15, 0.2) is 30.9 Å². The molecule has 7 heteroatoms. The van der Waals surface area contributed by atoms with Gasteiger partial charge in [-0.1, -0.05) is 57.9 Å². The first-order valence-corrected chi connectivity index (χ1v) is 12.6. The van der Waals surface area contributed by atoms with Gasteiger partial charge >= 0.3 is 0 Å². The molecule has 0 saturated carbocycles. The topological polar surface area (TPSA) is 78.2 Å². The van der Waals surface area contributed by atoms with Crippen molar-refractivity contribution in [3.63, 3.8) is 0 Å². The van der Waals surface area contributed by atoms with Crippen LogP contribution in [0.25, 0.3) is 10.9 Å². The molecule has 1 aliphatic heterocycles. The van der Waals surface area contributed by atoms with E-state index in [0.29, 0.717) is 18.1 Å². The molecule has 0 spiro atoms. The maximum Gasteiger partial charge on any atom is 0.241 e. The first-order valence-electron chi connectivity index (χ1n) is 12.2. The fourth-order valence-electron chi connectivity index (χ4n) is 4.79. The summed E-state index contributed by atoms with van der Waals surface area (Å²) in [7, 11) is 0. The smallest absolute Gasteiger partial charge is 0.241 e. The predicted molar refractivity (Wildman–Crippen MR) is 139 cm³/mol. The third-order valence-electron chi connectivity index (χ3n) is 6.62. The predicted octanol–water partition coefficient (Wildman–Crippen LogP) is 4.93. The molecular formula is C26H38N4O2S. The number of hydrazine groups is 1. The normalized spacial score (nSPS) is 18.4. The summed E-state index contributed by atoms with van der Waals surface area (Å²) >= 11 is 5.40. The van der Waals surface area contributed by atoms with E-state index in [2.05, 4.69) is 66.7 Å². The molecule has 33 heavy (non-hydrogen) atoms. The van der Waals surface area contributed by atoms with E-state index in [0.717, 1.165) is 49.7 Å². The molecule has 3 rings (SSSR count). The zero-order valence-electron chi connectivity index (χ0n) is 20.2. The minimum atomic E-state index is -0.676. The average molecular weight is 471 g/mol. The number of H-pyrrole nitrogens is 1. The Labute approximate surface area is 202 Å². The summed E-state index contributed by atoms with van der Waals surface area (Å²) in [5, 5.41) is 4.94. The van der Waals surface area contributed by atoms with Crippen LogP contribution in [-0.4, -0.2) is 28.7 Å². The second kappa shape index (κ2) is 11.7. The van der Waals surface area contributed by atoms with E-state index in [9.17, 15) is 4.79 Å². The van der Waals surface area contributed by atoms with E-state index in [-0.39, 0.29) is 18.4 Å². The first kappa shape index (κ1) is 25.2. The van der Waals surface area contributed by atoms with E-state index in [1.54, 1.807) is 0 Å². The summed E-state index contributed by atoms with van der Waals surface area (Å²) in [6, 6.07) is 6.65. The van der Waals surface area contributed by atoms with Crippen LogP contribution in [-0.2, 0) is 28.0 Å². The molecule has 4 N–H and O–H groups in total. The molecule has 0 bridgehead atoms. The van der Waals surface area contributed by atoms with Gasteiger partial charge < -0.3 is 15.0 Å². The van der Waals surface area contributed by atoms with Crippen molar-refractivity contribution in [3.8, 4) is 0 Å². The molecule has 0 radical (unpaired) electrons. The lowest BCUT2D eigenvalue weighted by molar-refractivity contribution is -0.133. The highest BCUT2D eigenvalue weighted by Crippen LogP contribution is 2.42. The number of carbonyl (C=O) groups excluding carboxylic acids is 1. The Morgan fingerprint density at radius 3 is 2.85 bits per heavy atom. The van der Waals surface area contributed by atoms with E-state index >= 15 is 0 Å². The highest BCUT2D eigenvalue weighted by Gasteiger charge is 2.41. The number of benzene rings is 1. The van der Waals surface area contributed by atoms with Crippen LogP contribution in [0.1, 0.15) is 76.1 Å². The van der Waals surface area contributed by atoms with Crippen molar-refractivity contribution in [2.75, 3.05) is 6.61 Å². The number of nitrogens with one attached hydrogen (secondary N) is 4. The van der Waals surface area contributed by atoms with Gasteiger partial charge in [0.25, 0.3) is 0 Å². The molecule has 1 amide bonds. The van der Waals surface area contributed by atoms with Gasteiger partial charge in [0.2, 0.25) is 5.91 Å².